The second-order valence-electron chi connectivity index (χ2n) is 3.75. The lowest BCUT2D eigenvalue weighted by Gasteiger charge is -2.34. The lowest BCUT2D eigenvalue weighted by Crippen LogP contribution is -2.52. The van der Waals surface area contributed by atoms with Crippen LogP contribution in [0.4, 0.5) is 0 Å². The Morgan fingerprint density at radius 2 is 2.50 bits per heavy atom. The van der Waals surface area contributed by atoms with Crippen LogP contribution >= 0.6 is 0 Å². The van der Waals surface area contributed by atoms with Crippen molar-refractivity contribution >= 4 is 5.91 Å². The maximum absolute atomic E-state index is 11.7. The van der Waals surface area contributed by atoms with Gasteiger partial charge in [-0.3, -0.25) is 4.79 Å². The minimum absolute atomic E-state index is 0.0210. The van der Waals surface area contributed by atoms with E-state index in [1.165, 1.54) is 0 Å². The van der Waals surface area contributed by atoms with E-state index in [-0.39, 0.29) is 18.0 Å². The maximum atomic E-state index is 11.7. The molecular weight excluding hydrogens is 176 g/mol. The number of nitrogens with zero attached hydrogens (tertiary/aromatic N) is 1. The molecule has 0 aromatic rings. The summed E-state index contributed by atoms with van der Waals surface area (Å²) in [6.45, 7) is 2.83. The Bertz CT molecular complexity index is 244. The SMILES string of the molecule is C#CC(CCC)N1CCCC(N)C1=O. The predicted octanol–water partition coefficient (Wildman–Crippen LogP) is 0.738. The second-order valence-corrected chi connectivity index (χ2v) is 3.75. The summed E-state index contributed by atoms with van der Waals surface area (Å²) in [7, 11) is 0. The molecule has 14 heavy (non-hydrogen) atoms. The molecule has 2 atom stereocenters. The normalized spacial score (nSPS) is 24.5. The first-order chi connectivity index (χ1) is 6.70. The van der Waals surface area contributed by atoms with Gasteiger partial charge in [0.25, 0.3) is 0 Å². The number of nitrogens with two attached hydrogens (primary N) is 1. The highest BCUT2D eigenvalue weighted by Crippen LogP contribution is 2.15. The van der Waals surface area contributed by atoms with Crippen molar-refractivity contribution < 1.29 is 4.79 Å². The first-order valence-corrected chi connectivity index (χ1v) is 5.23. The van der Waals surface area contributed by atoms with Crippen LogP contribution < -0.4 is 5.73 Å². The Balaban J connectivity index is 2.65. The molecule has 1 amide bonds. The number of hydrogen-bond donors (Lipinski definition) is 1. The molecule has 1 heterocycles. The van der Waals surface area contributed by atoms with Crippen LogP contribution in [0, 0.1) is 12.3 Å². The number of amides is 1. The lowest BCUT2D eigenvalue weighted by atomic mass is 10.0. The summed E-state index contributed by atoms with van der Waals surface area (Å²) < 4.78 is 0. The van der Waals surface area contributed by atoms with Crippen molar-refractivity contribution in [3.05, 3.63) is 0 Å². The number of terminal acetylenes is 1. The van der Waals surface area contributed by atoms with E-state index in [9.17, 15) is 4.79 Å². The predicted molar refractivity (Wildman–Crippen MR) is 56.5 cm³/mol. The summed E-state index contributed by atoms with van der Waals surface area (Å²) >= 11 is 0. The Morgan fingerprint density at radius 3 is 3.07 bits per heavy atom. The molecule has 1 rings (SSSR count). The second kappa shape index (κ2) is 5.02. The van der Waals surface area contributed by atoms with Crippen molar-refractivity contribution in [2.45, 2.75) is 44.7 Å². The van der Waals surface area contributed by atoms with Crippen molar-refractivity contribution in [1.82, 2.24) is 4.90 Å². The number of likely N-dealkylation sites (tertiary alicyclic amines) is 1. The molecule has 3 heteroatoms. The first kappa shape index (κ1) is 11.1. The minimum Gasteiger partial charge on any atom is -0.328 e. The van der Waals surface area contributed by atoms with Gasteiger partial charge in [-0.1, -0.05) is 19.3 Å². The molecule has 0 saturated carbocycles. The zero-order chi connectivity index (χ0) is 10.6. The van der Waals surface area contributed by atoms with Crippen LogP contribution in [0.5, 0.6) is 0 Å². The molecule has 0 spiro atoms. The Labute approximate surface area is 85.6 Å². The molecule has 2 N–H and O–H groups in total. The third-order valence-corrected chi connectivity index (χ3v) is 2.65. The number of rotatable bonds is 3. The standard InChI is InChI=1S/C11H18N2O/c1-3-6-9(4-2)13-8-5-7-10(12)11(13)14/h2,9-10H,3,5-8,12H2,1H3. The van der Waals surface area contributed by atoms with Gasteiger partial charge in [0.15, 0.2) is 0 Å². The zero-order valence-corrected chi connectivity index (χ0v) is 8.70. The highest BCUT2D eigenvalue weighted by atomic mass is 16.2. The van der Waals surface area contributed by atoms with Gasteiger partial charge in [-0.2, -0.15) is 0 Å². The summed E-state index contributed by atoms with van der Waals surface area (Å²) in [6, 6.07) is -0.393. The van der Waals surface area contributed by atoms with Crippen LogP contribution in [-0.2, 0) is 4.79 Å². The van der Waals surface area contributed by atoms with Crippen LogP contribution in [0.1, 0.15) is 32.6 Å². The Morgan fingerprint density at radius 1 is 1.79 bits per heavy atom. The smallest absolute Gasteiger partial charge is 0.240 e. The maximum Gasteiger partial charge on any atom is 0.240 e. The molecule has 1 saturated heterocycles. The molecule has 3 nitrogen and oxygen atoms in total. The molecule has 1 fully saturated rings. The average molecular weight is 194 g/mol. The van der Waals surface area contributed by atoms with Crippen molar-refractivity contribution in [2.75, 3.05) is 6.54 Å². The molecule has 78 valence electrons. The Hall–Kier alpha value is -1.01. The molecule has 2 unspecified atom stereocenters. The summed E-state index contributed by atoms with van der Waals surface area (Å²) in [4.78, 5) is 13.5. The fourth-order valence-corrected chi connectivity index (χ4v) is 1.84. The molecule has 1 aliphatic heterocycles. The van der Waals surface area contributed by atoms with E-state index in [1.807, 2.05) is 0 Å². The van der Waals surface area contributed by atoms with Crippen molar-refractivity contribution in [3.8, 4) is 12.3 Å². The van der Waals surface area contributed by atoms with Gasteiger partial charge in [0.2, 0.25) is 5.91 Å². The number of hydrogen-bond acceptors (Lipinski definition) is 2. The molecule has 0 bridgehead atoms. The van der Waals surface area contributed by atoms with Gasteiger partial charge in [0.1, 0.15) is 0 Å². The molecule has 0 aromatic heterocycles. The van der Waals surface area contributed by atoms with E-state index in [4.69, 9.17) is 12.2 Å². The van der Waals surface area contributed by atoms with E-state index in [1.54, 1.807) is 4.90 Å². The quantitative estimate of drug-likeness (QED) is 0.673. The molecule has 1 aliphatic rings. The number of piperidine rings is 1. The fourth-order valence-electron chi connectivity index (χ4n) is 1.84. The third kappa shape index (κ3) is 2.27. The fraction of sp³-hybridized carbons (Fsp3) is 0.727. The third-order valence-electron chi connectivity index (χ3n) is 2.65. The minimum atomic E-state index is -0.337. The lowest BCUT2D eigenvalue weighted by molar-refractivity contribution is -0.136. The van der Waals surface area contributed by atoms with Gasteiger partial charge in [-0.15, -0.1) is 6.42 Å². The number of carbonyl (C=O) groups is 1. The monoisotopic (exact) mass is 194 g/mol. The van der Waals surface area contributed by atoms with Gasteiger partial charge < -0.3 is 10.6 Å². The molecule has 0 aromatic carbocycles. The first-order valence-electron chi connectivity index (χ1n) is 5.23. The van der Waals surface area contributed by atoms with E-state index in [0.717, 1.165) is 32.2 Å². The van der Waals surface area contributed by atoms with Crippen LogP contribution in [0.2, 0.25) is 0 Å². The van der Waals surface area contributed by atoms with Gasteiger partial charge in [0.05, 0.1) is 12.1 Å². The van der Waals surface area contributed by atoms with Gasteiger partial charge in [0, 0.05) is 6.54 Å². The summed E-state index contributed by atoms with van der Waals surface area (Å²) in [5.41, 5.74) is 5.70. The van der Waals surface area contributed by atoms with Crippen LogP contribution in [-0.4, -0.2) is 29.4 Å². The van der Waals surface area contributed by atoms with E-state index in [0.29, 0.717) is 0 Å². The zero-order valence-electron chi connectivity index (χ0n) is 8.70. The summed E-state index contributed by atoms with van der Waals surface area (Å²) in [6.07, 6.45) is 9.03. The van der Waals surface area contributed by atoms with Crippen molar-refractivity contribution in [2.24, 2.45) is 5.73 Å². The molecular formula is C11H18N2O. The van der Waals surface area contributed by atoms with Gasteiger partial charge >= 0.3 is 0 Å². The summed E-state index contributed by atoms with van der Waals surface area (Å²) in [5.74, 6) is 2.69. The van der Waals surface area contributed by atoms with Crippen molar-refractivity contribution in [1.29, 1.82) is 0 Å². The summed E-state index contributed by atoms with van der Waals surface area (Å²) in [5, 5.41) is 0. The average Bonchev–Trinajstić information content (AvgIpc) is 2.19. The largest absolute Gasteiger partial charge is 0.328 e. The van der Waals surface area contributed by atoms with E-state index < -0.39 is 0 Å². The van der Waals surface area contributed by atoms with Crippen LogP contribution in [0.3, 0.4) is 0 Å². The Kier molecular flexibility index (Phi) is 3.97. The number of carbonyl (C=O) groups excluding carboxylic acids is 1. The van der Waals surface area contributed by atoms with Crippen molar-refractivity contribution in [3.63, 3.8) is 0 Å². The molecule has 0 radical (unpaired) electrons. The van der Waals surface area contributed by atoms with E-state index in [2.05, 4.69) is 12.8 Å². The topological polar surface area (TPSA) is 46.3 Å². The highest BCUT2D eigenvalue weighted by Gasteiger charge is 2.29. The van der Waals surface area contributed by atoms with Crippen LogP contribution in [0.15, 0.2) is 0 Å². The van der Waals surface area contributed by atoms with Gasteiger partial charge in [-0.25, -0.2) is 0 Å². The van der Waals surface area contributed by atoms with E-state index >= 15 is 0 Å². The van der Waals surface area contributed by atoms with Crippen LogP contribution in [0.25, 0.3) is 0 Å². The van der Waals surface area contributed by atoms with Gasteiger partial charge in [-0.05, 0) is 19.3 Å². The highest BCUT2D eigenvalue weighted by molar-refractivity contribution is 5.83. The molecule has 0 aliphatic carbocycles.